The lowest BCUT2D eigenvalue weighted by molar-refractivity contribution is 1.25. The van der Waals surface area contributed by atoms with Crippen LogP contribution in [0.3, 0.4) is 0 Å². The molecule has 0 saturated carbocycles. The fourth-order valence-electron chi connectivity index (χ4n) is 2.52. The van der Waals surface area contributed by atoms with Crippen molar-refractivity contribution in [3.8, 4) is 0 Å². The third-order valence-electron chi connectivity index (χ3n) is 3.38. The molecule has 0 fully saturated rings. The van der Waals surface area contributed by atoms with Gasteiger partial charge in [-0.3, -0.25) is 0 Å². The quantitative estimate of drug-likeness (QED) is 0.763. The Kier molecular flexibility index (Phi) is 4.01. The van der Waals surface area contributed by atoms with E-state index >= 15 is 0 Å². The van der Waals surface area contributed by atoms with Crippen LogP contribution in [-0.2, 0) is 0 Å². The minimum Gasteiger partial charge on any atom is -0.0984 e. The van der Waals surface area contributed by atoms with Crippen molar-refractivity contribution in [3.05, 3.63) is 75.0 Å². The predicted octanol–water partition coefficient (Wildman–Crippen LogP) is 3.53. The lowest BCUT2D eigenvalue weighted by Gasteiger charge is -2.02. The summed E-state index contributed by atoms with van der Waals surface area (Å²) in [6.45, 7) is 12.4. The van der Waals surface area contributed by atoms with Gasteiger partial charge >= 0.3 is 0 Å². The van der Waals surface area contributed by atoms with Crippen LogP contribution in [0.15, 0.2) is 43.0 Å². The fourth-order valence-corrected chi connectivity index (χ4v) is 2.52. The number of hydrogen-bond donors (Lipinski definition) is 0. The summed E-state index contributed by atoms with van der Waals surface area (Å²) in [6, 6.07) is 12.6. The highest BCUT2D eigenvalue weighted by Crippen LogP contribution is 2.04. The Morgan fingerprint density at radius 3 is 2.47 bits per heavy atom. The third kappa shape index (κ3) is 2.53. The van der Waals surface area contributed by atoms with Crippen molar-refractivity contribution in [1.29, 1.82) is 0 Å². The van der Waals surface area contributed by atoms with E-state index in [2.05, 4.69) is 63.4 Å². The van der Waals surface area contributed by atoms with Crippen LogP contribution in [0.5, 0.6) is 0 Å². The van der Waals surface area contributed by atoms with Gasteiger partial charge in [0.2, 0.25) is 0 Å². The molecule has 19 heavy (non-hydrogen) atoms. The summed E-state index contributed by atoms with van der Waals surface area (Å²) < 4.78 is 0. The molecule has 0 unspecified atom stereocenters. The van der Waals surface area contributed by atoms with Crippen LogP contribution in [-0.4, -0.2) is 0 Å². The summed E-state index contributed by atoms with van der Waals surface area (Å²) in [5.41, 5.74) is 2.42. The van der Waals surface area contributed by atoms with Gasteiger partial charge in [-0.2, -0.15) is 0 Å². The molecule has 0 aliphatic heterocycles. The minimum absolute atomic E-state index is 1.03. The first-order valence-corrected chi connectivity index (χ1v) is 6.69. The molecule has 0 aromatic heterocycles. The van der Waals surface area contributed by atoms with Gasteiger partial charge in [-0.05, 0) is 45.3 Å². The lowest BCUT2D eigenvalue weighted by Crippen LogP contribution is -2.11. The van der Waals surface area contributed by atoms with Crippen molar-refractivity contribution >= 4 is 18.7 Å². The van der Waals surface area contributed by atoms with E-state index in [-0.39, 0.29) is 0 Å². The number of rotatable bonds is 2. The molecule has 0 aliphatic rings. The maximum absolute atomic E-state index is 4.19. The van der Waals surface area contributed by atoms with Crippen LogP contribution in [0, 0.1) is 17.4 Å². The Morgan fingerprint density at radius 2 is 1.79 bits per heavy atom. The summed E-state index contributed by atoms with van der Waals surface area (Å²) in [4.78, 5) is 0. The molecule has 0 N–H and O–H groups in total. The predicted molar refractivity (Wildman–Crippen MR) is 84.9 cm³/mol. The molecule has 0 aliphatic carbocycles. The van der Waals surface area contributed by atoms with Crippen LogP contribution in [0.1, 0.15) is 24.5 Å². The highest BCUT2D eigenvalue weighted by molar-refractivity contribution is 5.49. The molecule has 0 saturated heterocycles. The fraction of sp³-hybridized carbons (Fsp3) is 0.158. The van der Waals surface area contributed by atoms with E-state index in [1.54, 1.807) is 0 Å². The average molecular weight is 248 g/mol. The van der Waals surface area contributed by atoms with Gasteiger partial charge in [0.15, 0.2) is 0 Å². The van der Waals surface area contributed by atoms with E-state index in [4.69, 9.17) is 0 Å². The Labute approximate surface area is 114 Å². The van der Waals surface area contributed by atoms with Crippen molar-refractivity contribution in [1.82, 2.24) is 0 Å². The third-order valence-corrected chi connectivity index (χ3v) is 3.38. The Balaban J connectivity index is 3.26. The first-order chi connectivity index (χ1) is 9.19. The molecule has 0 amide bonds. The summed E-state index contributed by atoms with van der Waals surface area (Å²) in [6.07, 6.45) is 5.20. The smallest absolute Gasteiger partial charge is 0.00364 e. The number of benzene rings is 2. The van der Waals surface area contributed by atoms with Crippen molar-refractivity contribution in [3.63, 3.8) is 0 Å². The molecule has 0 radical (unpaired) electrons. The zero-order valence-corrected chi connectivity index (χ0v) is 11.7. The van der Waals surface area contributed by atoms with Crippen LogP contribution in [0.4, 0.5) is 0 Å². The Bertz CT molecular complexity index is 795. The average Bonchev–Trinajstić information content (AvgIpc) is 2.40. The minimum atomic E-state index is 1.03. The first kappa shape index (κ1) is 13.4. The second-order valence-electron chi connectivity index (χ2n) is 4.74. The van der Waals surface area contributed by atoms with E-state index < -0.39 is 0 Å². The zero-order valence-electron chi connectivity index (χ0n) is 11.7. The topological polar surface area (TPSA) is 0 Å². The van der Waals surface area contributed by atoms with Gasteiger partial charge in [0, 0.05) is 0 Å². The van der Waals surface area contributed by atoms with Crippen LogP contribution in [0.2, 0.25) is 0 Å². The van der Waals surface area contributed by atoms with Gasteiger partial charge in [-0.1, -0.05) is 68.6 Å². The molecular weight excluding hydrogens is 228 g/mol. The van der Waals surface area contributed by atoms with Crippen LogP contribution >= 0.6 is 0 Å². The molecule has 0 heteroatoms. The second-order valence-corrected chi connectivity index (χ2v) is 4.74. The van der Waals surface area contributed by atoms with E-state index in [1.807, 2.05) is 12.1 Å². The highest BCUT2D eigenvalue weighted by Gasteiger charge is 1.97. The lowest BCUT2D eigenvalue weighted by atomic mass is 10.0. The largest absolute Gasteiger partial charge is 0.0984 e. The Morgan fingerprint density at radius 1 is 1.05 bits per heavy atom. The van der Waals surface area contributed by atoms with Crippen molar-refractivity contribution in [2.45, 2.75) is 20.3 Å². The standard InChI is InChI=1S/C19H20/c1-5-9-17-13-8-11-15(4)19(17)18-14(3)10-7-12-16(18)6-2/h6-13H,2-3,5H2,1,4H3/b17-9-,19-18+. The van der Waals surface area contributed by atoms with Crippen LogP contribution in [0.25, 0.3) is 18.7 Å². The van der Waals surface area contributed by atoms with Crippen LogP contribution < -0.4 is 10.4 Å². The summed E-state index contributed by atoms with van der Waals surface area (Å²) in [5.74, 6) is 0. The summed E-state index contributed by atoms with van der Waals surface area (Å²) in [5, 5.41) is 4.82. The summed E-state index contributed by atoms with van der Waals surface area (Å²) in [7, 11) is 0. The van der Waals surface area contributed by atoms with E-state index in [0.717, 1.165) is 17.2 Å². The van der Waals surface area contributed by atoms with Gasteiger partial charge in [0.05, 0.1) is 0 Å². The van der Waals surface area contributed by atoms with E-state index in [0.29, 0.717) is 0 Å². The van der Waals surface area contributed by atoms with Gasteiger partial charge in [-0.25, -0.2) is 0 Å². The SMILES string of the molecule is C=Cc1cccc(=C)/c1=c1/c(C)ccc/c1=C/CC. The van der Waals surface area contributed by atoms with Crippen molar-refractivity contribution in [2.75, 3.05) is 0 Å². The number of hydrogen-bond acceptors (Lipinski definition) is 0. The molecule has 2 aromatic carbocycles. The molecule has 0 heterocycles. The van der Waals surface area contributed by atoms with Gasteiger partial charge in [-0.15, -0.1) is 0 Å². The monoisotopic (exact) mass is 248 g/mol. The molecule has 96 valence electrons. The molecule has 0 spiro atoms. The molecular formula is C19H20. The maximum atomic E-state index is 4.19. The number of aryl methyl sites for hydroxylation is 1. The van der Waals surface area contributed by atoms with Gasteiger partial charge in [0.1, 0.15) is 0 Å². The van der Waals surface area contributed by atoms with E-state index in [1.165, 1.54) is 21.2 Å². The van der Waals surface area contributed by atoms with Crippen molar-refractivity contribution in [2.24, 2.45) is 0 Å². The first-order valence-electron chi connectivity index (χ1n) is 6.69. The normalized spacial score (nSPS) is 13.5. The van der Waals surface area contributed by atoms with Gasteiger partial charge < -0.3 is 0 Å². The summed E-state index contributed by atoms with van der Waals surface area (Å²) >= 11 is 0. The highest BCUT2D eigenvalue weighted by atomic mass is 14.0. The maximum Gasteiger partial charge on any atom is -0.00364 e. The second kappa shape index (κ2) is 5.71. The zero-order chi connectivity index (χ0) is 13.8. The van der Waals surface area contributed by atoms with Gasteiger partial charge in [0.25, 0.3) is 0 Å². The molecule has 2 rings (SSSR count). The molecule has 0 atom stereocenters. The van der Waals surface area contributed by atoms with Crippen molar-refractivity contribution < 1.29 is 0 Å². The molecule has 2 aromatic rings. The Hall–Kier alpha value is -2.08. The molecule has 0 bridgehead atoms. The molecule has 0 nitrogen and oxygen atoms in total. The van der Waals surface area contributed by atoms with E-state index in [9.17, 15) is 0 Å².